The molecule has 21 heteroatoms. The minimum absolute atomic E-state index is 0.0864. The van der Waals surface area contributed by atoms with E-state index in [1.165, 1.54) is 38.2 Å². The van der Waals surface area contributed by atoms with E-state index in [9.17, 15) is 48.6 Å². The molecule has 7 N–H and O–H groups in total. The fourth-order valence-corrected chi connectivity index (χ4v) is 8.86. The van der Waals surface area contributed by atoms with Gasteiger partial charge in [-0.25, -0.2) is 13.9 Å². The van der Waals surface area contributed by atoms with Gasteiger partial charge >= 0.3 is 33.3 Å². The van der Waals surface area contributed by atoms with E-state index in [-0.39, 0.29) is 31.5 Å². The number of aromatic nitrogens is 2. The van der Waals surface area contributed by atoms with Gasteiger partial charge in [-0.2, -0.15) is 9.29 Å². The molecule has 0 radical (unpaired) electrons. The second-order valence-corrected chi connectivity index (χ2v) is 20.1. The maximum absolute atomic E-state index is 12.8. The van der Waals surface area contributed by atoms with Gasteiger partial charge in [0, 0.05) is 19.0 Å². The summed E-state index contributed by atoms with van der Waals surface area (Å²) in [5.41, 5.74) is 4.57. The molecule has 4 unspecified atom stereocenters. The molecule has 70 heavy (non-hydrogen) atoms. The molecule has 2 heterocycles. The van der Waals surface area contributed by atoms with E-state index >= 15 is 0 Å². The summed E-state index contributed by atoms with van der Waals surface area (Å²) in [6.07, 6.45) is 30.4. The van der Waals surface area contributed by atoms with Crippen LogP contribution in [0.15, 0.2) is 90.0 Å². The zero-order valence-electron chi connectivity index (χ0n) is 41.1. The maximum atomic E-state index is 12.8. The largest absolute Gasteiger partial charge is 0.481 e. The van der Waals surface area contributed by atoms with Gasteiger partial charge in [-0.05, 0) is 56.9 Å². The number of aliphatic hydroxyl groups is 3. The van der Waals surface area contributed by atoms with Gasteiger partial charge in [-0.15, -0.1) is 0 Å². The summed E-state index contributed by atoms with van der Waals surface area (Å²) in [5.74, 6) is -0.738. The second kappa shape index (κ2) is 36.1. The van der Waals surface area contributed by atoms with E-state index in [0.717, 1.165) is 68.0 Å². The molecule has 0 aromatic carbocycles. The van der Waals surface area contributed by atoms with Crippen LogP contribution in [0.3, 0.4) is 0 Å². The van der Waals surface area contributed by atoms with Crippen LogP contribution in [0.1, 0.15) is 143 Å². The molecular weight excluding hydrogens is 948 g/mol. The van der Waals surface area contributed by atoms with Crippen molar-refractivity contribution in [1.29, 1.82) is 0 Å². The first kappa shape index (κ1) is 62.3. The van der Waals surface area contributed by atoms with Crippen molar-refractivity contribution in [2.24, 2.45) is 5.92 Å². The fourth-order valence-electron chi connectivity index (χ4n) is 6.75. The number of esters is 2. The van der Waals surface area contributed by atoms with E-state index in [1.807, 2.05) is 12.2 Å². The summed E-state index contributed by atoms with van der Waals surface area (Å²) >= 11 is 0. The number of hydrogen-bond acceptors (Lipinski definition) is 16. The molecule has 0 bridgehead atoms. The number of ether oxygens (including phenoxy) is 3. The second-order valence-electron chi connectivity index (χ2n) is 17.0. The predicted molar refractivity (Wildman–Crippen MR) is 267 cm³/mol. The molecular formula is C49H79N3O16P2. The van der Waals surface area contributed by atoms with Crippen LogP contribution < -0.4 is 11.4 Å². The van der Waals surface area contributed by atoms with Gasteiger partial charge in [-0.1, -0.05) is 151 Å². The summed E-state index contributed by atoms with van der Waals surface area (Å²) < 4.78 is 56.5. The van der Waals surface area contributed by atoms with Crippen LogP contribution in [0.5, 0.6) is 0 Å². The number of anilines is 1. The van der Waals surface area contributed by atoms with Crippen molar-refractivity contribution < 1.29 is 71.4 Å². The quantitative estimate of drug-likeness (QED) is 0.0119. The van der Waals surface area contributed by atoms with E-state index in [4.69, 9.17) is 29.0 Å². The van der Waals surface area contributed by atoms with Gasteiger partial charge in [0.1, 0.15) is 30.7 Å². The molecule has 0 spiro atoms. The van der Waals surface area contributed by atoms with Crippen molar-refractivity contribution in [1.82, 2.24) is 9.55 Å². The van der Waals surface area contributed by atoms with Crippen molar-refractivity contribution in [2.45, 2.75) is 173 Å². The highest BCUT2D eigenvalue weighted by Crippen LogP contribution is 2.60. The number of unbranched alkanes of at least 4 members (excludes halogenated alkanes) is 7. The lowest BCUT2D eigenvalue weighted by Crippen LogP contribution is -2.36. The molecule has 396 valence electrons. The minimum Gasteiger partial charge on any atom is -0.462 e. The molecule has 1 aromatic heterocycles. The monoisotopic (exact) mass is 1030 g/mol. The SMILES string of the molecule is CC/C=C\C/C=C\C/C=C\C/C=C\C=C/C(O)C/C=C\CCC(=O)O[C@H](COC(=O)CCCCCCCCCCC(C)CC)COP(=O)(O)OP(=O)(O)OC[C@H]1O[C@@H](n2ccc(N)nc2=O)[C@H](O)[C@@H]1O. The molecule has 19 nitrogen and oxygen atoms in total. The third kappa shape index (κ3) is 28.9. The van der Waals surface area contributed by atoms with Crippen LogP contribution in [0.2, 0.25) is 0 Å². The van der Waals surface area contributed by atoms with Gasteiger partial charge < -0.3 is 45.1 Å². The number of carbonyl (C=O) groups excluding carboxylic acids is 2. The Bertz CT molecular complexity index is 1990. The van der Waals surface area contributed by atoms with Gasteiger partial charge in [0.15, 0.2) is 12.3 Å². The third-order valence-electron chi connectivity index (χ3n) is 10.9. The van der Waals surface area contributed by atoms with Crippen molar-refractivity contribution in [3.05, 3.63) is 95.7 Å². The number of nitrogens with two attached hydrogens (primary N) is 1. The van der Waals surface area contributed by atoms with Crippen LogP contribution in [-0.2, 0) is 46.3 Å². The Morgan fingerprint density at radius 3 is 2.10 bits per heavy atom. The summed E-state index contributed by atoms with van der Waals surface area (Å²) in [7, 11) is -10.9. The smallest absolute Gasteiger partial charge is 0.462 e. The molecule has 0 aliphatic carbocycles. The third-order valence-corrected chi connectivity index (χ3v) is 13.5. The highest BCUT2D eigenvalue weighted by atomic mass is 31.3. The summed E-state index contributed by atoms with van der Waals surface area (Å²) in [5, 5.41) is 31.2. The standard InChI is InChI=1S/C49H79N3O16P2/c1-4-6-7-8-9-10-11-12-13-14-18-21-25-30-40(53)31-26-23-28-33-45(55)66-41(36-63-44(54)32-27-22-19-16-15-17-20-24-29-39(3)5-2)37-64-69(59,60)68-70(61,62)65-38-42-46(56)47(57)48(67-42)52-35-34-43(50)51-49(52)58/h6-7,9-10,12-13,18,21,23,25-26,30,34-35,39-42,46-48,53,56-57H,4-5,8,11,14-17,19-20,22,24,27-29,31-33,36-38H2,1-3H3,(H,59,60)(H,61,62)(H2,50,51,58)/b7-6-,10-9-,13-12-,21-18-,26-23-,30-25-/t39?,40?,41-,42-,46-,47-,48-/m1/s1. The van der Waals surface area contributed by atoms with Crippen molar-refractivity contribution in [3.63, 3.8) is 0 Å². The Balaban J connectivity index is 1.88. The topological polar surface area (TPSA) is 286 Å². The number of phosphoric acid groups is 2. The zero-order chi connectivity index (χ0) is 51.6. The van der Waals surface area contributed by atoms with Gasteiger partial charge in [0.2, 0.25) is 0 Å². The average Bonchev–Trinajstić information content (AvgIpc) is 3.59. The number of hydrogen-bond donors (Lipinski definition) is 6. The highest BCUT2D eigenvalue weighted by Gasteiger charge is 2.46. The predicted octanol–water partition coefficient (Wildman–Crippen LogP) is 8.55. The fraction of sp³-hybridized carbons (Fsp3) is 0.633. The van der Waals surface area contributed by atoms with E-state index in [2.05, 4.69) is 66.5 Å². The normalized spacial score (nSPS) is 20.8. The van der Waals surface area contributed by atoms with Gasteiger partial charge in [-0.3, -0.25) is 23.2 Å². The number of carbonyl (C=O) groups is 2. The molecule has 1 aliphatic rings. The molecule has 0 amide bonds. The Kier molecular flexibility index (Phi) is 32.1. The summed E-state index contributed by atoms with van der Waals surface area (Å²) in [6.45, 7) is 4.13. The molecule has 1 aliphatic heterocycles. The minimum atomic E-state index is -5.47. The number of nitrogens with zero attached hydrogens (tertiary/aromatic N) is 2. The van der Waals surface area contributed by atoms with Gasteiger partial charge in [0.25, 0.3) is 0 Å². The lowest BCUT2D eigenvalue weighted by molar-refractivity contribution is -0.161. The van der Waals surface area contributed by atoms with E-state index in [0.29, 0.717) is 6.42 Å². The summed E-state index contributed by atoms with van der Waals surface area (Å²) in [6, 6.07) is 1.23. The lowest BCUT2D eigenvalue weighted by Gasteiger charge is -2.21. The number of phosphoric ester groups is 2. The van der Waals surface area contributed by atoms with Crippen LogP contribution in [-0.4, -0.2) is 96.9 Å². The lowest BCUT2D eigenvalue weighted by atomic mass is 9.99. The molecule has 0 saturated carbocycles. The number of rotatable bonds is 38. The Morgan fingerprint density at radius 1 is 0.814 bits per heavy atom. The number of aliphatic hydroxyl groups excluding tert-OH is 3. The first-order chi connectivity index (χ1) is 33.5. The van der Waals surface area contributed by atoms with Crippen molar-refractivity contribution in [2.75, 3.05) is 25.6 Å². The van der Waals surface area contributed by atoms with Crippen LogP contribution >= 0.6 is 15.6 Å². The highest BCUT2D eigenvalue weighted by molar-refractivity contribution is 7.61. The molecule has 1 aromatic rings. The maximum Gasteiger partial charge on any atom is 0.481 e. The molecule has 1 saturated heterocycles. The number of allylic oxidation sites excluding steroid dienone is 10. The average molecular weight is 1030 g/mol. The van der Waals surface area contributed by atoms with Crippen LogP contribution in [0.4, 0.5) is 5.82 Å². The van der Waals surface area contributed by atoms with Crippen LogP contribution in [0.25, 0.3) is 0 Å². The van der Waals surface area contributed by atoms with Gasteiger partial charge in [0.05, 0.1) is 19.3 Å². The van der Waals surface area contributed by atoms with E-state index < -0.39 is 89.8 Å². The van der Waals surface area contributed by atoms with Crippen molar-refractivity contribution in [3.8, 4) is 0 Å². The Labute approximate surface area is 413 Å². The molecule has 2 rings (SSSR count). The molecule has 1 fully saturated rings. The van der Waals surface area contributed by atoms with Crippen molar-refractivity contribution >= 4 is 33.4 Å². The number of nitrogen functional groups attached to an aromatic ring is 1. The molecule has 9 atom stereocenters. The Morgan fingerprint density at radius 2 is 1.44 bits per heavy atom. The first-order valence-electron chi connectivity index (χ1n) is 24.5. The first-order valence-corrected chi connectivity index (χ1v) is 27.4. The Hall–Kier alpha value is -3.84. The van der Waals surface area contributed by atoms with Crippen LogP contribution in [0, 0.1) is 5.92 Å². The van der Waals surface area contributed by atoms with E-state index in [1.54, 1.807) is 24.3 Å². The summed E-state index contributed by atoms with van der Waals surface area (Å²) in [4.78, 5) is 61.8. The zero-order valence-corrected chi connectivity index (χ0v) is 42.9.